The fourth-order valence-corrected chi connectivity index (χ4v) is 2.03. The molecule has 0 aliphatic rings. The molecule has 4 heteroatoms. The summed E-state index contributed by atoms with van der Waals surface area (Å²) in [5.74, 6) is 0.698. The molecule has 0 aliphatic carbocycles. The number of halogens is 1. The van der Waals surface area contributed by atoms with Gasteiger partial charge < -0.3 is 10.5 Å². The molecule has 0 spiro atoms. The number of nitrogens with two attached hydrogens (primary N) is 1. The Hall–Kier alpha value is -1.58. The van der Waals surface area contributed by atoms with Crippen molar-refractivity contribution in [2.45, 2.75) is 6.61 Å². The molecule has 2 aromatic carbocycles. The van der Waals surface area contributed by atoms with E-state index in [0.717, 1.165) is 5.56 Å². The Balaban J connectivity index is 2.07. The van der Waals surface area contributed by atoms with Crippen LogP contribution in [0, 0.1) is 0 Å². The number of benzene rings is 2. The van der Waals surface area contributed by atoms with E-state index in [1.54, 1.807) is 12.1 Å². The largest absolute Gasteiger partial charge is 0.489 e. The summed E-state index contributed by atoms with van der Waals surface area (Å²) in [5, 5.41) is 0.507. The summed E-state index contributed by atoms with van der Waals surface area (Å²) in [6.45, 7) is 0.504. The van der Waals surface area contributed by atoms with Crippen LogP contribution in [0.1, 0.15) is 11.1 Å². The van der Waals surface area contributed by atoms with E-state index in [1.807, 2.05) is 36.4 Å². The predicted octanol–water partition coefficient (Wildman–Crippen LogP) is 3.55. The number of ether oxygens (including phenoxy) is 1. The average molecular weight is 278 g/mol. The summed E-state index contributed by atoms with van der Waals surface area (Å²) in [7, 11) is 0. The highest BCUT2D eigenvalue weighted by Crippen LogP contribution is 2.23. The summed E-state index contributed by atoms with van der Waals surface area (Å²) < 4.78 is 5.64. The second kappa shape index (κ2) is 5.85. The van der Waals surface area contributed by atoms with Crippen LogP contribution in [0.3, 0.4) is 0 Å². The molecule has 0 saturated carbocycles. The van der Waals surface area contributed by atoms with Crippen LogP contribution in [0.25, 0.3) is 0 Å². The third-order valence-corrected chi connectivity index (χ3v) is 2.99. The quantitative estimate of drug-likeness (QED) is 0.868. The van der Waals surface area contributed by atoms with Gasteiger partial charge in [-0.15, -0.1) is 0 Å². The van der Waals surface area contributed by atoms with Gasteiger partial charge in [0, 0.05) is 5.56 Å². The van der Waals surface area contributed by atoms with E-state index in [4.69, 9.17) is 34.3 Å². The van der Waals surface area contributed by atoms with Crippen LogP contribution in [0.15, 0.2) is 48.5 Å². The Bertz CT molecular complexity index is 557. The fraction of sp³-hybridized carbons (Fsp3) is 0.0714. The molecule has 92 valence electrons. The van der Waals surface area contributed by atoms with Crippen LogP contribution in [0.5, 0.6) is 5.75 Å². The van der Waals surface area contributed by atoms with Crippen molar-refractivity contribution in [2.24, 2.45) is 5.73 Å². The molecule has 0 amide bonds. The minimum absolute atomic E-state index is 0.287. The maximum absolute atomic E-state index is 6.06. The standard InChI is InChI=1S/C14H12ClNOS/c15-13-8-11(6-7-12(13)14(16)18)17-9-10-4-2-1-3-5-10/h1-8H,9H2,(H2,16,18). The zero-order valence-electron chi connectivity index (χ0n) is 9.60. The molecular formula is C14H12ClNOS. The molecule has 2 N–H and O–H groups in total. The van der Waals surface area contributed by atoms with Crippen molar-refractivity contribution in [3.8, 4) is 5.75 Å². The van der Waals surface area contributed by atoms with E-state index in [2.05, 4.69) is 0 Å². The fourth-order valence-electron chi connectivity index (χ4n) is 1.53. The van der Waals surface area contributed by atoms with Gasteiger partial charge in [-0.25, -0.2) is 0 Å². The molecule has 0 saturated heterocycles. The molecule has 2 rings (SSSR count). The van der Waals surface area contributed by atoms with E-state index >= 15 is 0 Å². The summed E-state index contributed by atoms with van der Waals surface area (Å²) in [5.41, 5.74) is 7.31. The Morgan fingerprint density at radius 2 is 1.89 bits per heavy atom. The van der Waals surface area contributed by atoms with E-state index in [1.165, 1.54) is 0 Å². The molecule has 2 aromatic rings. The average Bonchev–Trinajstić information content (AvgIpc) is 2.37. The molecule has 2 nitrogen and oxygen atoms in total. The van der Waals surface area contributed by atoms with E-state index in [9.17, 15) is 0 Å². The first-order valence-corrected chi connectivity index (χ1v) is 6.21. The molecule has 0 aliphatic heterocycles. The smallest absolute Gasteiger partial charge is 0.121 e. The van der Waals surface area contributed by atoms with Crippen molar-refractivity contribution in [3.05, 3.63) is 64.7 Å². The third-order valence-electron chi connectivity index (χ3n) is 2.45. The van der Waals surface area contributed by atoms with Crippen LogP contribution >= 0.6 is 23.8 Å². The van der Waals surface area contributed by atoms with Gasteiger partial charge in [0.25, 0.3) is 0 Å². The summed E-state index contributed by atoms with van der Waals surface area (Å²) in [4.78, 5) is 0.287. The van der Waals surface area contributed by atoms with Gasteiger partial charge in [0.2, 0.25) is 0 Å². The zero-order valence-corrected chi connectivity index (χ0v) is 11.2. The maximum Gasteiger partial charge on any atom is 0.121 e. The zero-order chi connectivity index (χ0) is 13.0. The minimum atomic E-state index is 0.287. The molecule has 0 bridgehead atoms. The molecule has 0 heterocycles. The number of thiocarbonyl (C=S) groups is 1. The van der Waals surface area contributed by atoms with Crippen molar-refractivity contribution >= 4 is 28.8 Å². The van der Waals surface area contributed by atoms with Crippen LogP contribution < -0.4 is 10.5 Å². The summed E-state index contributed by atoms with van der Waals surface area (Å²) in [6.07, 6.45) is 0. The molecule has 0 atom stereocenters. The Kier molecular flexibility index (Phi) is 4.18. The van der Waals surface area contributed by atoms with Gasteiger partial charge in [-0.05, 0) is 23.8 Å². The highest BCUT2D eigenvalue weighted by Gasteiger charge is 2.05. The van der Waals surface area contributed by atoms with Crippen molar-refractivity contribution in [1.82, 2.24) is 0 Å². The van der Waals surface area contributed by atoms with Gasteiger partial charge in [0.15, 0.2) is 0 Å². The highest BCUT2D eigenvalue weighted by atomic mass is 35.5. The molecule has 0 radical (unpaired) electrons. The lowest BCUT2D eigenvalue weighted by Crippen LogP contribution is -2.09. The van der Waals surface area contributed by atoms with Crippen LogP contribution in [0.2, 0.25) is 5.02 Å². The Labute approximate surface area is 116 Å². The summed E-state index contributed by atoms with van der Waals surface area (Å²) >= 11 is 10.9. The lowest BCUT2D eigenvalue weighted by atomic mass is 10.2. The van der Waals surface area contributed by atoms with Crippen LogP contribution in [-0.2, 0) is 6.61 Å². The minimum Gasteiger partial charge on any atom is -0.489 e. The van der Waals surface area contributed by atoms with Crippen molar-refractivity contribution in [3.63, 3.8) is 0 Å². The molecule has 0 unspecified atom stereocenters. The molecule has 0 fully saturated rings. The monoisotopic (exact) mass is 277 g/mol. The number of hydrogen-bond acceptors (Lipinski definition) is 2. The Morgan fingerprint density at radius 1 is 1.17 bits per heavy atom. The first kappa shape index (κ1) is 12.9. The third kappa shape index (κ3) is 3.22. The van der Waals surface area contributed by atoms with Gasteiger partial charge in [0.05, 0.1) is 5.02 Å². The topological polar surface area (TPSA) is 35.2 Å². The van der Waals surface area contributed by atoms with Gasteiger partial charge >= 0.3 is 0 Å². The van der Waals surface area contributed by atoms with Gasteiger partial charge in [-0.3, -0.25) is 0 Å². The van der Waals surface area contributed by atoms with Crippen molar-refractivity contribution in [1.29, 1.82) is 0 Å². The first-order chi connectivity index (χ1) is 8.66. The molecule has 0 aromatic heterocycles. The normalized spacial score (nSPS) is 10.1. The summed E-state index contributed by atoms with van der Waals surface area (Å²) in [6, 6.07) is 15.2. The van der Waals surface area contributed by atoms with Gasteiger partial charge in [-0.1, -0.05) is 54.2 Å². The van der Waals surface area contributed by atoms with Gasteiger partial charge in [0.1, 0.15) is 17.3 Å². The predicted molar refractivity (Wildman–Crippen MR) is 78.1 cm³/mol. The maximum atomic E-state index is 6.06. The van der Waals surface area contributed by atoms with Crippen LogP contribution in [0.4, 0.5) is 0 Å². The molecular weight excluding hydrogens is 266 g/mol. The van der Waals surface area contributed by atoms with Crippen molar-refractivity contribution in [2.75, 3.05) is 0 Å². The lowest BCUT2D eigenvalue weighted by molar-refractivity contribution is 0.306. The van der Waals surface area contributed by atoms with Gasteiger partial charge in [-0.2, -0.15) is 0 Å². The first-order valence-electron chi connectivity index (χ1n) is 5.43. The highest BCUT2D eigenvalue weighted by molar-refractivity contribution is 7.80. The second-order valence-corrected chi connectivity index (χ2v) is 4.63. The second-order valence-electron chi connectivity index (χ2n) is 3.78. The molecule has 18 heavy (non-hydrogen) atoms. The van der Waals surface area contributed by atoms with Crippen LogP contribution in [-0.4, -0.2) is 4.99 Å². The number of rotatable bonds is 4. The van der Waals surface area contributed by atoms with E-state index < -0.39 is 0 Å². The SMILES string of the molecule is NC(=S)c1ccc(OCc2ccccc2)cc1Cl. The van der Waals surface area contributed by atoms with E-state index in [-0.39, 0.29) is 4.99 Å². The Morgan fingerprint density at radius 3 is 2.50 bits per heavy atom. The lowest BCUT2D eigenvalue weighted by Gasteiger charge is -2.08. The van der Waals surface area contributed by atoms with E-state index in [0.29, 0.717) is 22.9 Å². The number of hydrogen-bond donors (Lipinski definition) is 1. The van der Waals surface area contributed by atoms with Crippen molar-refractivity contribution < 1.29 is 4.74 Å².